The molecule has 0 bridgehead atoms. The number of benzene rings is 2. The molecule has 5 rings (SSSR count). The molecule has 0 atom stereocenters. The van der Waals surface area contributed by atoms with Crippen LogP contribution in [0.1, 0.15) is 0 Å². The fourth-order valence-electron chi connectivity index (χ4n) is 2.97. The highest BCUT2D eigenvalue weighted by molar-refractivity contribution is 7.99. The van der Waals surface area contributed by atoms with E-state index in [9.17, 15) is 0 Å². The van der Waals surface area contributed by atoms with Crippen LogP contribution in [-0.4, -0.2) is 24.7 Å². The Hall–Kier alpha value is -3.03. The minimum atomic E-state index is 0.730. The zero-order valence-electron chi connectivity index (χ0n) is 15.0. The molecule has 3 aromatic heterocycles. The third-order valence-electron chi connectivity index (χ3n) is 4.40. The first-order valence-corrected chi connectivity index (χ1v) is 10.5. The van der Waals surface area contributed by atoms with Crippen LogP contribution in [0.4, 0.5) is 0 Å². The molecule has 2 aromatic carbocycles. The molecule has 0 amide bonds. The lowest BCUT2D eigenvalue weighted by Gasteiger charge is -2.08. The van der Waals surface area contributed by atoms with Gasteiger partial charge in [0, 0.05) is 28.9 Å². The van der Waals surface area contributed by atoms with Gasteiger partial charge in [0.05, 0.1) is 5.52 Å². The molecule has 7 heteroatoms. The minimum Gasteiger partial charge on any atom is -0.305 e. The van der Waals surface area contributed by atoms with Gasteiger partial charge in [0.1, 0.15) is 5.03 Å². The Bertz CT molecular complexity index is 1250. The lowest BCUT2D eigenvalue weighted by molar-refractivity contribution is 0.793. The van der Waals surface area contributed by atoms with Gasteiger partial charge in [0.25, 0.3) is 0 Å². The summed E-state index contributed by atoms with van der Waals surface area (Å²) in [5, 5.41) is 15.6. The Morgan fingerprint density at radius 2 is 1.68 bits per heavy atom. The van der Waals surface area contributed by atoms with Gasteiger partial charge in [0.2, 0.25) is 0 Å². The third kappa shape index (κ3) is 3.08. The van der Waals surface area contributed by atoms with E-state index in [4.69, 9.17) is 9.97 Å². The van der Waals surface area contributed by atoms with Gasteiger partial charge in [-0.25, -0.2) is 9.97 Å². The van der Waals surface area contributed by atoms with Crippen molar-refractivity contribution in [3.8, 4) is 22.8 Å². The van der Waals surface area contributed by atoms with Crippen LogP contribution < -0.4 is 0 Å². The van der Waals surface area contributed by atoms with Gasteiger partial charge in [-0.05, 0) is 29.3 Å². The van der Waals surface area contributed by atoms with Crippen molar-refractivity contribution in [2.24, 2.45) is 7.05 Å². The first-order chi connectivity index (χ1) is 13.8. The summed E-state index contributed by atoms with van der Waals surface area (Å²) in [5.41, 5.74) is 2.99. The number of hydrogen-bond acceptors (Lipinski definition) is 6. The molecule has 0 aliphatic heterocycles. The van der Waals surface area contributed by atoms with Gasteiger partial charge >= 0.3 is 0 Å². The first-order valence-electron chi connectivity index (χ1n) is 8.71. The van der Waals surface area contributed by atoms with E-state index < -0.39 is 0 Å². The van der Waals surface area contributed by atoms with Gasteiger partial charge in [-0.2, -0.15) is 11.3 Å². The largest absolute Gasteiger partial charge is 0.305 e. The molecule has 0 spiro atoms. The average molecular weight is 402 g/mol. The Balaban J connectivity index is 1.60. The number of thiophene rings is 1. The summed E-state index contributed by atoms with van der Waals surface area (Å²) in [7, 11) is 1.98. The summed E-state index contributed by atoms with van der Waals surface area (Å²) >= 11 is 3.15. The number of rotatable bonds is 4. The van der Waals surface area contributed by atoms with Crippen molar-refractivity contribution in [1.29, 1.82) is 0 Å². The predicted molar refractivity (Wildman–Crippen MR) is 113 cm³/mol. The lowest BCUT2D eigenvalue weighted by Crippen LogP contribution is -1.97. The van der Waals surface area contributed by atoms with Crippen molar-refractivity contribution in [2.45, 2.75) is 10.2 Å². The molecule has 0 aliphatic carbocycles. The van der Waals surface area contributed by atoms with Gasteiger partial charge in [-0.1, -0.05) is 48.5 Å². The van der Waals surface area contributed by atoms with Crippen LogP contribution in [0.25, 0.3) is 33.7 Å². The van der Waals surface area contributed by atoms with Crippen LogP contribution in [-0.2, 0) is 7.05 Å². The molecule has 5 aromatic rings. The van der Waals surface area contributed by atoms with Crippen LogP contribution in [0.2, 0.25) is 0 Å². The van der Waals surface area contributed by atoms with E-state index in [-0.39, 0.29) is 0 Å². The molecule has 0 aliphatic rings. The Morgan fingerprint density at radius 3 is 2.50 bits per heavy atom. The van der Waals surface area contributed by atoms with E-state index in [0.29, 0.717) is 0 Å². The zero-order valence-corrected chi connectivity index (χ0v) is 16.6. The van der Waals surface area contributed by atoms with Crippen molar-refractivity contribution >= 4 is 34.0 Å². The number of hydrogen-bond donors (Lipinski definition) is 0. The SMILES string of the molecule is Cn1c(Sc2nc(-c3ccsc3)nc3ccccc23)nnc1-c1ccccc1. The monoisotopic (exact) mass is 401 g/mol. The maximum absolute atomic E-state index is 4.84. The zero-order chi connectivity index (χ0) is 18.9. The van der Waals surface area contributed by atoms with E-state index in [0.717, 1.165) is 43.9 Å². The van der Waals surface area contributed by atoms with Crippen molar-refractivity contribution in [3.63, 3.8) is 0 Å². The Morgan fingerprint density at radius 1 is 0.857 bits per heavy atom. The van der Waals surface area contributed by atoms with Crippen molar-refractivity contribution in [1.82, 2.24) is 24.7 Å². The third-order valence-corrected chi connectivity index (χ3v) is 6.13. The maximum atomic E-state index is 4.84. The summed E-state index contributed by atoms with van der Waals surface area (Å²) in [5.74, 6) is 1.56. The molecule has 3 heterocycles. The summed E-state index contributed by atoms with van der Waals surface area (Å²) in [6.45, 7) is 0. The molecule has 0 fully saturated rings. The van der Waals surface area contributed by atoms with E-state index in [2.05, 4.69) is 15.6 Å². The smallest absolute Gasteiger partial charge is 0.197 e. The minimum absolute atomic E-state index is 0.730. The van der Waals surface area contributed by atoms with Crippen LogP contribution in [0.3, 0.4) is 0 Å². The highest BCUT2D eigenvalue weighted by Gasteiger charge is 2.16. The second-order valence-corrected chi connectivity index (χ2v) is 7.95. The number of para-hydroxylation sites is 1. The average Bonchev–Trinajstić information content (AvgIpc) is 3.39. The van der Waals surface area contributed by atoms with E-state index in [1.165, 1.54) is 11.8 Å². The standard InChI is InChI=1S/C21H15N5S2/c1-26-19(14-7-3-2-4-8-14)24-25-21(26)28-20-16-9-5-6-10-17(16)22-18(23-20)15-11-12-27-13-15/h2-13H,1H3. The summed E-state index contributed by atoms with van der Waals surface area (Å²) < 4.78 is 2.00. The van der Waals surface area contributed by atoms with Crippen LogP contribution in [0.5, 0.6) is 0 Å². The highest BCUT2D eigenvalue weighted by Crippen LogP contribution is 2.33. The molecule has 0 unspecified atom stereocenters. The molecule has 0 saturated heterocycles. The Kier molecular flexibility index (Phi) is 4.38. The number of nitrogens with zero attached hydrogens (tertiary/aromatic N) is 5. The highest BCUT2D eigenvalue weighted by atomic mass is 32.2. The van der Waals surface area contributed by atoms with Gasteiger partial charge in [0.15, 0.2) is 16.8 Å². The second-order valence-electron chi connectivity index (χ2n) is 6.21. The number of aromatic nitrogens is 5. The first kappa shape index (κ1) is 17.1. The lowest BCUT2D eigenvalue weighted by atomic mass is 10.2. The fraction of sp³-hybridized carbons (Fsp3) is 0.0476. The van der Waals surface area contributed by atoms with E-state index in [1.54, 1.807) is 11.3 Å². The van der Waals surface area contributed by atoms with Crippen molar-refractivity contribution in [3.05, 3.63) is 71.4 Å². The predicted octanol–water partition coefficient (Wildman–Crippen LogP) is 5.31. The quantitative estimate of drug-likeness (QED) is 0.382. The molecule has 28 heavy (non-hydrogen) atoms. The van der Waals surface area contributed by atoms with Crippen LogP contribution in [0, 0.1) is 0 Å². The van der Waals surface area contributed by atoms with Crippen LogP contribution in [0.15, 0.2) is 81.6 Å². The summed E-state index contributed by atoms with van der Waals surface area (Å²) in [6, 6.07) is 20.2. The van der Waals surface area contributed by atoms with Crippen LogP contribution >= 0.6 is 23.1 Å². The molecule has 0 saturated carbocycles. The van der Waals surface area contributed by atoms with E-state index >= 15 is 0 Å². The summed E-state index contributed by atoms with van der Waals surface area (Å²) in [6.07, 6.45) is 0. The topological polar surface area (TPSA) is 56.5 Å². The van der Waals surface area contributed by atoms with Gasteiger partial charge < -0.3 is 4.57 Å². The molecule has 136 valence electrons. The fourth-order valence-corrected chi connectivity index (χ4v) is 4.50. The number of fused-ring (bicyclic) bond motifs is 1. The van der Waals surface area contributed by atoms with Crippen molar-refractivity contribution in [2.75, 3.05) is 0 Å². The normalized spacial score (nSPS) is 11.2. The van der Waals surface area contributed by atoms with E-state index in [1.807, 2.05) is 77.7 Å². The molecular formula is C21H15N5S2. The summed E-state index contributed by atoms with van der Waals surface area (Å²) in [4.78, 5) is 9.57. The maximum Gasteiger partial charge on any atom is 0.197 e. The molecular weight excluding hydrogens is 386 g/mol. The second kappa shape index (κ2) is 7.18. The van der Waals surface area contributed by atoms with Gasteiger partial charge in [-0.3, -0.25) is 0 Å². The molecule has 0 N–H and O–H groups in total. The molecule has 0 radical (unpaired) electrons. The molecule has 5 nitrogen and oxygen atoms in total. The Labute approximate surface area is 170 Å². The van der Waals surface area contributed by atoms with Gasteiger partial charge in [-0.15, -0.1) is 10.2 Å². The van der Waals surface area contributed by atoms with Crippen molar-refractivity contribution < 1.29 is 0 Å².